The lowest BCUT2D eigenvalue weighted by molar-refractivity contribution is -0.137. The molecule has 3 nitrogen and oxygen atoms in total. The van der Waals surface area contributed by atoms with Gasteiger partial charge < -0.3 is 10.1 Å². The molecule has 3 rings (SSSR count). The Hall–Kier alpha value is -2.83. The van der Waals surface area contributed by atoms with Gasteiger partial charge in [0.15, 0.2) is 0 Å². The average Bonchev–Trinajstić information content (AvgIpc) is 3.52. The molecule has 144 valence electrons. The second-order valence-corrected chi connectivity index (χ2v) is 7.18. The lowest BCUT2D eigenvalue weighted by Crippen LogP contribution is -2.16. The van der Waals surface area contributed by atoms with Gasteiger partial charge in [-0.15, -0.1) is 0 Å². The van der Waals surface area contributed by atoms with Gasteiger partial charge in [0, 0.05) is 23.7 Å². The molecule has 1 aliphatic carbocycles. The molecule has 0 amide bonds. The maximum atomic E-state index is 11.6. The lowest BCUT2D eigenvalue weighted by Gasteiger charge is -2.04. The molecule has 1 aliphatic rings. The smallest absolute Gasteiger partial charge is 0.331 e. The van der Waals surface area contributed by atoms with E-state index in [1.165, 1.54) is 24.5 Å². The van der Waals surface area contributed by atoms with Crippen LogP contribution in [-0.2, 0) is 16.1 Å². The summed E-state index contributed by atoms with van der Waals surface area (Å²) in [5.74, 6) is 7.04. The van der Waals surface area contributed by atoms with Crippen LogP contribution in [-0.4, -0.2) is 19.1 Å². The van der Waals surface area contributed by atoms with Gasteiger partial charge in [-0.2, -0.15) is 0 Å². The monoisotopic (exact) mass is 373 g/mol. The fourth-order valence-corrected chi connectivity index (χ4v) is 2.91. The number of carbonyl (C=O) groups is 1. The summed E-state index contributed by atoms with van der Waals surface area (Å²) in [5, 5.41) is 3.52. The minimum Gasteiger partial charge on any atom is -0.463 e. The van der Waals surface area contributed by atoms with Gasteiger partial charge in [-0.25, -0.2) is 4.79 Å². The molecule has 2 aromatic carbocycles. The Morgan fingerprint density at radius 1 is 1.14 bits per heavy atom. The first-order chi connectivity index (χ1) is 13.6. The standard InChI is InChI=1S/C25H27NO2/c1-3-28-25(27)15-19(2)24-13-11-20(12-14-24)7-8-21-5-4-6-23(16-21)18-26-17-22-9-10-22/h4-6,11-16,22,26H,3,9-10,17-18H2,1-2H3/b19-15-. The van der Waals surface area contributed by atoms with Crippen molar-refractivity contribution in [3.8, 4) is 11.8 Å². The Balaban J connectivity index is 1.61. The van der Waals surface area contributed by atoms with Gasteiger partial charge in [-0.1, -0.05) is 36.1 Å². The molecule has 0 atom stereocenters. The lowest BCUT2D eigenvalue weighted by atomic mass is 10.0. The van der Waals surface area contributed by atoms with Crippen molar-refractivity contribution in [3.63, 3.8) is 0 Å². The second-order valence-electron chi connectivity index (χ2n) is 7.18. The third-order valence-electron chi connectivity index (χ3n) is 4.70. The van der Waals surface area contributed by atoms with Crippen molar-refractivity contribution >= 4 is 11.5 Å². The summed E-state index contributed by atoms with van der Waals surface area (Å²) in [4.78, 5) is 11.6. The first kappa shape index (κ1) is 19.9. The van der Waals surface area contributed by atoms with Gasteiger partial charge >= 0.3 is 5.97 Å². The van der Waals surface area contributed by atoms with Crippen molar-refractivity contribution < 1.29 is 9.53 Å². The van der Waals surface area contributed by atoms with Crippen LogP contribution in [0.25, 0.3) is 5.57 Å². The maximum Gasteiger partial charge on any atom is 0.331 e. The molecule has 1 saturated carbocycles. The van der Waals surface area contributed by atoms with E-state index in [4.69, 9.17) is 4.74 Å². The van der Waals surface area contributed by atoms with Crippen molar-refractivity contribution in [2.75, 3.05) is 13.2 Å². The second kappa shape index (κ2) is 9.92. The Labute approximate surface area is 167 Å². The molecular weight excluding hydrogens is 346 g/mol. The number of ether oxygens (including phenoxy) is 1. The number of hydrogen-bond donors (Lipinski definition) is 1. The van der Waals surface area contributed by atoms with E-state index in [0.29, 0.717) is 6.61 Å². The van der Waals surface area contributed by atoms with Gasteiger partial charge in [0.2, 0.25) is 0 Å². The van der Waals surface area contributed by atoms with Crippen LogP contribution in [0.15, 0.2) is 54.6 Å². The third kappa shape index (κ3) is 6.40. The zero-order valence-electron chi connectivity index (χ0n) is 16.6. The summed E-state index contributed by atoms with van der Waals surface area (Å²) in [6.45, 7) is 6.10. The highest BCUT2D eigenvalue weighted by molar-refractivity contribution is 5.90. The number of nitrogens with one attached hydrogen (secondary N) is 1. The molecule has 0 aliphatic heterocycles. The van der Waals surface area contributed by atoms with E-state index in [1.807, 2.05) is 37.3 Å². The molecule has 1 fully saturated rings. The minimum absolute atomic E-state index is 0.310. The van der Waals surface area contributed by atoms with Crippen LogP contribution in [0.1, 0.15) is 48.9 Å². The highest BCUT2D eigenvalue weighted by Gasteiger charge is 2.19. The summed E-state index contributed by atoms with van der Waals surface area (Å²) in [7, 11) is 0. The summed E-state index contributed by atoms with van der Waals surface area (Å²) in [6, 6.07) is 16.3. The van der Waals surface area contributed by atoms with Crippen molar-refractivity contribution in [1.82, 2.24) is 5.32 Å². The topological polar surface area (TPSA) is 38.3 Å². The molecule has 0 radical (unpaired) electrons. The zero-order chi connectivity index (χ0) is 19.8. The fourth-order valence-electron chi connectivity index (χ4n) is 2.91. The Morgan fingerprint density at radius 2 is 1.89 bits per heavy atom. The summed E-state index contributed by atoms with van der Waals surface area (Å²) >= 11 is 0. The molecule has 2 aromatic rings. The van der Waals surface area contributed by atoms with Crippen LogP contribution in [0.3, 0.4) is 0 Å². The van der Waals surface area contributed by atoms with Crippen molar-refractivity contribution in [1.29, 1.82) is 0 Å². The summed E-state index contributed by atoms with van der Waals surface area (Å²) < 4.78 is 4.95. The van der Waals surface area contributed by atoms with Crippen LogP contribution >= 0.6 is 0 Å². The number of esters is 1. The molecule has 0 saturated heterocycles. The quantitative estimate of drug-likeness (QED) is 0.439. The fraction of sp³-hybridized carbons (Fsp3) is 0.320. The molecule has 0 aromatic heterocycles. The zero-order valence-corrected chi connectivity index (χ0v) is 16.6. The molecular formula is C25H27NO2. The molecule has 28 heavy (non-hydrogen) atoms. The van der Waals surface area contributed by atoms with Gasteiger partial charge in [-0.3, -0.25) is 0 Å². The first-order valence-electron chi connectivity index (χ1n) is 9.91. The molecule has 0 heterocycles. The Kier molecular flexibility index (Phi) is 7.06. The number of allylic oxidation sites excluding steroid dienone is 1. The number of benzene rings is 2. The molecule has 0 unspecified atom stereocenters. The van der Waals surface area contributed by atoms with Crippen LogP contribution in [0, 0.1) is 17.8 Å². The van der Waals surface area contributed by atoms with E-state index < -0.39 is 0 Å². The van der Waals surface area contributed by atoms with Crippen LogP contribution in [0.2, 0.25) is 0 Å². The average molecular weight is 373 g/mol. The van der Waals surface area contributed by atoms with Crippen LogP contribution < -0.4 is 5.32 Å². The van der Waals surface area contributed by atoms with E-state index >= 15 is 0 Å². The number of rotatable bonds is 7. The predicted octanol–water partition coefficient (Wildman–Crippen LogP) is 4.55. The summed E-state index contributed by atoms with van der Waals surface area (Å²) in [6.07, 6.45) is 4.26. The molecule has 0 spiro atoms. The van der Waals surface area contributed by atoms with Gasteiger partial charge in [0.1, 0.15) is 0 Å². The predicted molar refractivity (Wildman–Crippen MR) is 114 cm³/mol. The van der Waals surface area contributed by atoms with Gasteiger partial charge in [0.25, 0.3) is 0 Å². The Morgan fingerprint density at radius 3 is 2.61 bits per heavy atom. The number of carbonyl (C=O) groups excluding carboxylic acids is 1. The number of hydrogen-bond acceptors (Lipinski definition) is 3. The Bertz CT molecular complexity index is 896. The van der Waals surface area contributed by atoms with Crippen molar-refractivity contribution in [2.24, 2.45) is 5.92 Å². The van der Waals surface area contributed by atoms with E-state index in [0.717, 1.165) is 41.3 Å². The summed E-state index contributed by atoms with van der Waals surface area (Å²) in [5.41, 5.74) is 5.10. The van der Waals surface area contributed by atoms with Gasteiger partial charge in [0.05, 0.1) is 6.61 Å². The van der Waals surface area contributed by atoms with Crippen molar-refractivity contribution in [3.05, 3.63) is 76.9 Å². The SMILES string of the molecule is CCOC(=O)/C=C(/C)c1ccc(C#Cc2cccc(CNCC3CC3)c2)cc1. The van der Waals surface area contributed by atoms with E-state index in [1.54, 1.807) is 6.92 Å². The van der Waals surface area contributed by atoms with E-state index in [2.05, 4.69) is 35.4 Å². The molecule has 1 N–H and O–H groups in total. The largest absolute Gasteiger partial charge is 0.463 e. The van der Waals surface area contributed by atoms with Crippen molar-refractivity contribution in [2.45, 2.75) is 33.2 Å². The maximum absolute atomic E-state index is 11.6. The van der Waals surface area contributed by atoms with Crippen LogP contribution in [0.4, 0.5) is 0 Å². The third-order valence-corrected chi connectivity index (χ3v) is 4.70. The first-order valence-corrected chi connectivity index (χ1v) is 9.91. The highest BCUT2D eigenvalue weighted by Crippen LogP contribution is 2.27. The van der Waals surface area contributed by atoms with Gasteiger partial charge in [-0.05, 0) is 80.1 Å². The normalized spacial score (nSPS) is 13.6. The molecule has 0 bridgehead atoms. The van der Waals surface area contributed by atoms with Crippen LogP contribution in [0.5, 0.6) is 0 Å². The van der Waals surface area contributed by atoms with E-state index in [9.17, 15) is 4.79 Å². The molecule has 3 heteroatoms. The van der Waals surface area contributed by atoms with E-state index in [-0.39, 0.29) is 5.97 Å². The minimum atomic E-state index is -0.310. The highest BCUT2D eigenvalue weighted by atomic mass is 16.5.